The van der Waals surface area contributed by atoms with E-state index in [-0.39, 0.29) is 29.6 Å². The van der Waals surface area contributed by atoms with Gasteiger partial charge in [-0.15, -0.1) is 0 Å². The number of carbonyl (C=O) groups excluding carboxylic acids is 2. The van der Waals surface area contributed by atoms with Crippen molar-refractivity contribution in [3.63, 3.8) is 0 Å². The van der Waals surface area contributed by atoms with Crippen molar-refractivity contribution < 1.29 is 14.0 Å². The van der Waals surface area contributed by atoms with Crippen LogP contribution in [0.25, 0.3) is 0 Å². The Kier molecular flexibility index (Phi) is 5.16. The van der Waals surface area contributed by atoms with Gasteiger partial charge in [-0.3, -0.25) is 9.59 Å². The molecule has 0 aliphatic carbocycles. The predicted molar refractivity (Wildman–Crippen MR) is 82.7 cm³/mol. The molecule has 1 aliphatic rings. The number of hydrogen-bond donors (Lipinski definition) is 0. The number of nitrogens with zero attached hydrogens (tertiary/aromatic N) is 2. The van der Waals surface area contributed by atoms with Gasteiger partial charge in [0.1, 0.15) is 11.9 Å². The SMILES string of the molecule is C[C@H](CCc1ccccc1F)C(=O)N(C)[C@H]1CCN(C)C1=O. The number of rotatable bonds is 5. The molecule has 1 aliphatic heterocycles. The molecule has 0 N–H and O–H groups in total. The topological polar surface area (TPSA) is 40.6 Å². The Labute approximate surface area is 130 Å². The third kappa shape index (κ3) is 3.46. The Morgan fingerprint density at radius 2 is 2.14 bits per heavy atom. The van der Waals surface area contributed by atoms with Crippen LogP contribution in [-0.4, -0.2) is 48.3 Å². The summed E-state index contributed by atoms with van der Waals surface area (Å²) < 4.78 is 13.6. The molecule has 120 valence electrons. The van der Waals surface area contributed by atoms with Crippen molar-refractivity contribution in [2.45, 2.75) is 32.2 Å². The third-order valence-electron chi connectivity index (χ3n) is 4.44. The summed E-state index contributed by atoms with van der Waals surface area (Å²) >= 11 is 0. The summed E-state index contributed by atoms with van der Waals surface area (Å²) in [6.45, 7) is 2.52. The van der Waals surface area contributed by atoms with E-state index in [1.165, 1.54) is 6.07 Å². The molecule has 5 heteroatoms. The quantitative estimate of drug-likeness (QED) is 0.836. The number of carbonyl (C=O) groups is 2. The minimum Gasteiger partial charge on any atom is -0.344 e. The lowest BCUT2D eigenvalue weighted by Gasteiger charge is -2.26. The molecule has 0 saturated carbocycles. The van der Waals surface area contributed by atoms with Crippen molar-refractivity contribution in [3.05, 3.63) is 35.6 Å². The van der Waals surface area contributed by atoms with Crippen LogP contribution in [-0.2, 0) is 16.0 Å². The Morgan fingerprint density at radius 1 is 1.45 bits per heavy atom. The molecule has 0 spiro atoms. The van der Waals surface area contributed by atoms with Crippen LogP contribution in [0.3, 0.4) is 0 Å². The second-order valence-electron chi connectivity index (χ2n) is 6.04. The Bertz CT molecular complexity index is 561. The van der Waals surface area contributed by atoms with Crippen LogP contribution >= 0.6 is 0 Å². The van der Waals surface area contributed by atoms with Gasteiger partial charge in [0.15, 0.2) is 0 Å². The van der Waals surface area contributed by atoms with Crippen LogP contribution in [0.2, 0.25) is 0 Å². The van der Waals surface area contributed by atoms with Gasteiger partial charge >= 0.3 is 0 Å². The summed E-state index contributed by atoms with van der Waals surface area (Å²) in [5, 5.41) is 0. The van der Waals surface area contributed by atoms with Gasteiger partial charge in [-0.05, 0) is 30.9 Å². The lowest BCUT2D eigenvalue weighted by Crippen LogP contribution is -2.44. The number of hydrogen-bond acceptors (Lipinski definition) is 2. The van der Waals surface area contributed by atoms with Gasteiger partial charge in [0, 0.05) is 26.6 Å². The van der Waals surface area contributed by atoms with E-state index in [0.29, 0.717) is 31.4 Å². The van der Waals surface area contributed by atoms with Crippen molar-refractivity contribution in [3.8, 4) is 0 Å². The first-order valence-electron chi connectivity index (χ1n) is 7.67. The van der Waals surface area contributed by atoms with E-state index in [9.17, 15) is 14.0 Å². The maximum absolute atomic E-state index is 13.6. The molecule has 4 nitrogen and oxygen atoms in total. The van der Waals surface area contributed by atoms with E-state index in [1.54, 1.807) is 42.1 Å². The van der Waals surface area contributed by atoms with E-state index in [2.05, 4.69) is 0 Å². The fourth-order valence-electron chi connectivity index (χ4n) is 2.86. The highest BCUT2D eigenvalue weighted by atomic mass is 19.1. The van der Waals surface area contributed by atoms with Crippen LogP contribution in [0.15, 0.2) is 24.3 Å². The number of aryl methyl sites for hydroxylation is 1. The van der Waals surface area contributed by atoms with Crippen molar-refractivity contribution in [2.75, 3.05) is 20.6 Å². The van der Waals surface area contributed by atoms with Gasteiger partial charge < -0.3 is 9.80 Å². The van der Waals surface area contributed by atoms with Crippen LogP contribution in [0.1, 0.15) is 25.3 Å². The molecule has 1 saturated heterocycles. The van der Waals surface area contributed by atoms with Gasteiger partial charge in [0.05, 0.1) is 0 Å². The van der Waals surface area contributed by atoms with E-state index in [0.717, 1.165) is 0 Å². The standard InChI is InChI=1S/C17H23FN2O2/c1-12(8-9-13-6-4-5-7-14(13)18)16(21)20(3)15-10-11-19(2)17(15)22/h4-7,12,15H,8-11H2,1-3H3/t12-,15+/m1/s1. The van der Waals surface area contributed by atoms with Crippen LogP contribution < -0.4 is 0 Å². The Hall–Kier alpha value is -1.91. The predicted octanol–water partition coefficient (Wildman–Crippen LogP) is 2.08. The van der Waals surface area contributed by atoms with E-state index in [1.807, 2.05) is 6.92 Å². The summed E-state index contributed by atoms with van der Waals surface area (Å²) in [5.74, 6) is -0.520. The molecule has 22 heavy (non-hydrogen) atoms. The number of likely N-dealkylation sites (N-methyl/N-ethyl adjacent to an activating group) is 2. The van der Waals surface area contributed by atoms with E-state index in [4.69, 9.17) is 0 Å². The van der Waals surface area contributed by atoms with Crippen molar-refractivity contribution in [2.24, 2.45) is 5.92 Å². The maximum Gasteiger partial charge on any atom is 0.245 e. The van der Waals surface area contributed by atoms with Crippen LogP contribution in [0, 0.1) is 11.7 Å². The molecule has 1 heterocycles. The number of amides is 2. The van der Waals surface area contributed by atoms with E-state index >= 15 is 0 Å². The highest BCUT2D eigenvalue weighted by Gasteiger charge is 2.35. The largest absolute Gasteiger partial charge is 0.344 e. The second kappa shape index (κ2) is 6.90. The van der Waals surface area contributed by atoms with Crippen molar-refractivity contribution in [1.82, 2.24) is 9.80 Å². The normalized spacial score (nSPS) is 19.4. The molecule has 2 rings (SSSR count). The molecule has 0 radical (unpaired) electrons. The fraction of sp³-hybridized carbons (Fsp3) is 0.529. The minimum absolute atomic E-state index is 0.00264. The minimum atomic E-state index is -0.353. The molecular weight excluding hydrogens is 283 g/mol. The molecule has 2 atom stereocenters. The first-order chi connectivity index (χ1) is 10.4. The number of likely N-dealkylation sites (tertiary alicyclic amines) is 1. The first kappa shape index (κ1) is 16.5. The summed E-state index contributed by atoms with van der Waals surface area (Å²) in [6, 6.07) is 6.27. The van der Waals surface area contributed by atoms with Crippen molar-refractivity contribution in [1.29, 1.82) is 0 Å². The molecule has 1 aromatic carbocycles. The third-order valence-corrected chi connectivity index (χ3v) is 4.44. The lowest BCUT2D eigenvalue weighted by atomic mass is 9.99. The number of benzene rings is 1. The van der Waals surface area contributed by atoms with Gasteiger partial charge in [0.25, 0.3) is 0 Å². The molecular formula is C17H23FN2O2. The van der Waals surface area contributed by atoms with Crippen LogP contribution in [0.4, 0.5) is 4.39 Å². The first-order valence-corrected chi connectivity index (χ1v) is 7.67. The molecule has 1 aromatic rings. The summed E-state index contributed by atoms with van der Waals surface area (Å²) in [7, 11) is 3.44. The second-order valence-corrected chi connectivity index (χ2v) is 6.04. The average molecular weight is 306 g/mol. The van der Waals surface area contributed by atoms with Crippen LogP contribution in [0.5, 0.6) is 0 Å². The molecule has 0 bridgehead atoms. The zero-order chi connectivity index (χ0) is 16.3. The van der Waals surface area contributed by atoms with Gasteiger partial charge in [0.2, 0.25) is 11.8 Å². The molecule has 2 amide bonds. The monoisotopic (exact) mass is 306 g/mol. The summed E-state index contributed by atoms with van der Waals surface area (Å²) in [6.07, 6.45) is 1.77. The van der Waals surface area contributed by atoms with Gasteiger partial charge in [-0.2, -0.15) is 0 Å². The maximum atomic E-state index is 13.6. The highest BCUT2D eigenvalue weighted by molar-refractivity contribution is 5.89. The summed E-state index contributed by atoms with van der Waals surface area (Å²) in [5.41, 5.74) is 0.626. The van der Waals surface area contributed by atoms with E-state index < -0.39 is 0 Å². The van der Waals surface area contributed by atoms with Gasteiger partial charge in [-0.1, -0.05) is 25.1 Å². The Morgan fingerprint density at radius 3 is 2.73 bits per heavy atom. The zero-order valence-electron chi connectivity index (χ0n) is 13.4. The zero-order valence-corrected chi connectivity index (χ0v) is 13.4. The smallest absolute Gasteiger partial charge is 0.245 e. The van der Waals surface area contributed by atoms with Gasteiger partial charge in [-0.25, -0.2) is 4.39 Å². The van der Waals surface area contributed by atoms with Crippen molar-refractivity contribution >= 4 is 11.8 Å². The highest BCUT2D eigenvalue weighted by Crippen LogP contribution is 2.19. The average Bonchev–Trinajstić information content (AvgIpc) is 2.84. The Balaban J connectivity index is 1.92. The summed E-state index contributed by atoms with van der Waals surface area (Å²) in [4.78, 5) is 27.6. The lowest BCUT2D eigenvalue weighted by molar-refractivity contribution is -0.142. The number of halogens is 1. The molecule has 1 fully saturated rings. The fourth-order valence-corrected chi connectivity index (χ4v) is 2.86. The molecule has 0 unspecified atom stereocenters. The molecule has 0 aromatic heterocycles.